The van der Waals surface area contributed by atoms with Gasteiger partial charge in [0.05, 0.1) is 0 Å². The highest BCUT2D eigenvalue weighted by molar-refractivity contribution is 5.23. The summed E-state index contributed by atoms with van der Waals surface area (Å²) in [6, 6.07) is 20.4. The summed E-state index contributed by atoms with van der Waals surface area (Å²) in [7, 11) is 0. The second kappa shape index (κ2) is 6.24. The Labute approximate surface area is 104 Å². The van der Waals surface area contributed by atoms with Gasteiger partial charge in [0, 0.05) is 0 Å². The predicted molar refractivity (Wildman–Crippen MR) is 73.1 cm³/mol. The van der Waals surface area contributed by atoms with Crippen LogP contribution in [0.15, 0.2) is 48.5 Å². The minimum absolute atomic E-state index is 1.13. The van der Waals surface area contributed by atoms with E-state index >= 15 is 0 Å². The minimum Gasteiger partial charge on any atom is -0.0613 e. The van der Waals surface area contributed by atoms with E-state index in [1.54, 1.807) is 0 Å². The zero-order valence-electron chi connectivity index (χ0n) is 10.4. The molecule has 0 nitrogen and oxygen atoms in total. The Morgan fingerprint density at radius 3 is 1.88 bits per heavy atom. The zero-order chi connectivity index (χ0) is 11.9. The van der Waals surface area contributed by atoms with E-state index in [9.17, 15) is 0 Å². The number of hydrogen-bond donors (Lipinski definition) is 0. The van der Waals surface area contributed by atoms with Gasteiger partial charge in [-0.05, 0) is 48.4 Å². The molecule has 0 aromatic heterocycles. The van der Waals surface area contributed by atoms with Gasteiger partial charge in [-0.25, -0.2) is 0 Å². The summed E-state index contributed by atoms with van der Waals surface area (Å²) in [4.78, 5) is 0. The van der Waals surface area contributed by atoms with Crippen LogP contribution in [-0.2, 0) is 19.3 Å². The van der Waals surface area contributed by atoms with Gasteiger partial charge in [0.1, 0.15) is 0 Å². The lowest BCUT2D eigenvalue weighted by Crippen LogP contribution is -1.90. The normalized spacial score (nSPS) is 10.4. The first kappa shape index (κ1) is 11.9. The van der Waals surface area contributed by atoms with Crippen LogP contribution in [0.2, 0.25) is 0 Å². The minimum atomic E-state index is 1.13. The Kier molecular flexibility index (Phi) is 4.37. The predicted octanol–water partition coefficient (Wildman–Crippen LogP) is 4.22. The van der Waals surface area contributed by atoms with Crippen molar-refractivity contribution >= 4 is 0 Å². The summed E-state index contributed by atoms with van der Waals surface area (Å²) < 4.78 is 0. The highest BCUT2D eigenvalue weighted by Crippen LogP contribution is 2.10. The van der Waals surface area contributed by atoms with Crippen molar-refractivity contribution in [1.29, 1.82) is 0 Å². The highest BCUT2D eigenvalue weighted by atomic mass is 14.0. The van der Waals surface area contributed by atoms with E-state index in [0.29, 0.717) is 0 Å². The molecule has 0 saturated heterocycles. The molecule has 17 heavy (non-hydrogen) atoms. The van der Waals surface area contributed by atoms with Gasteiger partial charge in [-0.3, -0.25) is 0 Å². The number of rotatable bonds is 5. The van der Waals surface area contributed by atoms with Crippen LogP contribution in [0.25, 0.3) is 0 Å². The maximum atomic E-state index is 3.05. The van der Waals surface area contributed by atoms with E-state index in [1.165, 1.54) is 29.5 Å². The molecule has 2 aromatic carbocycles. The lowest BCUT2D eigenvalue weighted by Gasteiger charge is -2.03. The van der Waals surface area contributed by atoms with Crippen molar-refractivity contribution in [2.45, 2.75) is 32.6 Å². The molecule has 0 unspecified atom stereocenters. The first-order chi connectivity index (χ1) is 8.38. The third kappa shape index (κ3) is 3.74. The van der Waals surface area contributed by atoms with E-state index in [-0.39, 0.29) is 0 Å². The molecular weight excluding hydrogens is 204 g/mol. The third-order valence-corrected chi connectivity index (χ3v) is 3.15. The van der Waals surface area contributed by atoms with Gasteiger partial charge in [0.25, 0.3) is 0 Å². The van der Waals surface area contributed by atoms with Crippen molar-refractivity contribution < 1.29 is 0 Å². The van der Waals surface area contributed by atoms with Gasteiger partial charge < -0.3 is 0 Å². The van der Waals surface area contributed by atoms with E-state index in [1.807, 2.05) is 12.1 Å². The molecular formula is C17H19. The molecule has 0 amide bonds. The van der Waals surface area contributed by atoms with Crippen molar-refractivity contribution in [1.82, 2.24) is 0 Å². The van der Waals surface area contributed by atoms with Crippen LogP contribution in [0.5, 0.6) is 0 Å². The fourth-order valence-electron chi connectivity index (χ4n) is 2.03. The van der Waals surface area contributed by atoms with Crippen LogP contribution in [-0.4, -0.2) is 0 Å². The first-order valence-corrected chi connectivity index (χ1v) is 6.41. The number of aryl methyl sites for hydroxylation is 3. The van der Waals surface area contributed by atoms with E-state index in [0.717, 1.165) is 12.8 Å². The van der Waals surface area contributed by atoms with Gasteiger partial charge in [-0.2, -0.15) is 0 Å². The molecule has 87 valence electrons. The van der Waals surface area contributed by atoms with Crippen molar-refractivity contribution in [2.24, 2.45) is 0 Å². The molecule has 0 atom stereocenters. The Morgan fingerprint density at radius 2 is 1.29 bits per heavy atom. The topological polar surface area (TPSA) is 0 Å². The fraction of sp³-hybridized carbons (Fsp3) is 0.294. The van der Waals surface area contributed by atoms with Crippen LogP contribution in [0.1, 0.15) is 30.0 Å². The molecule has 0 N–H and O–H groups in total. The quantitative estimate of drug-likeness (QED) is 0.711. The largest absolute Gasteiger partial charge is 0.0613 e. The lowest BCUT2D eigenvalue weighted by atomic mass is 10.0. The molecule has 0 heteroatoms. The van der Waals surface area contributed by atoms with Crippen LogP contribution in [0, 0.1) is 6.07 Å². The third-order valence-electron chi connectivity index (χ3n) is 3.15. The molecule has 0 spiro atoms. The summed E-state index contributed by atoms with van der Waals surface area (Å²) in [5, 5.41) is 0. The molecule has 2 aromatic rings. The summed E-state index contributed by atoms with van der Waals surface area (Å²) in [6.45, 7) is 2.20. The molecule has 0 saturated carbocycles. The van der Waals surface area contributed by atoms with Crippen molar-refractivity contribution in [3.63, 3.8) is 0 Å². The highest BCUT2D eigenvalue weighted by Gasteiger charge is 1.95. The first-order valence-electron chi connectivity index (χ1n) is 6.41. The zero-order valence-corrected chi connectivity index (χ0v) is 10.4. The van der Waals surface area contributed by atoms with Crippen molar-refractivity contribution in [2.75, 3.05) is 0 Å². The molecule has 2 rings (SSSR count). The summed E-state index contributed by atoms with van der Waals surface area (Å²) >= 11 is 0. The monoisotopic (exact) mass is 223 g/mol. The molecule has 0 bridgehead atoms. The Morgan fingerprint density at radius 1 is 0.765 bits per heavy atom. The van der Waals surface area contributed by atoms with Crippen molar-refractivity contribution in [3.8, 4) is 0 Å². The Balaban J connectivity index is 1.82. The average Bonchev–Trinajstić information content (AvgIpc) is 2.41. The molecule has 0 heterocycles. The van der Waals surface area contributed by atoms with Gasteiger partial charge in [-0.15, -0.1) is 0 Å². The van der Waals surface area contributed by atoms with E-state index < -0.39 is 0 Å². The SMILES string of the molecule is CCc1ccc(CCCc2cc[c]cc2)cc1. The standard InChI is InChI=1S/C17H19/c1-2-15-11-13-17(14-12-15)10-6-9-16-7-4-3-5-8-16/h4-5,7-8,11-14H,2,6,9-10H2,1H3. The summed E-state index contributed by atoms with van der Waals surface area (Å²) in [5.74, 6) is 0. The van der Waals surface area contributed by atoms with Crippen molar-refractivity contribution in [3.05, 3.63) is 71.3 Å². The smallest absolute Gasteiger partial charge is 0.0184 e. The Hall–Kier alpha value is -1.56. The van der Waals surface area contributed by atoms with E-state index in [4.69, 9.17) is 0 Å². The number of benzene rings is 2. The van der Waals surface area contributed by atoms with Gasteiger partial charge in [0.15, 0.2) is 0 Å². The van der Waals surface area contributed by atoms with Gasteiger partial charge in [0.2, 0.25) is 0 Å². The van der Waals surface area contributed by atoms with Gasteiger partial charge >= 0.3 is 0 Å². The second-order valence-corrected chi connectivity index (χ2v) is 4.43. The molecule has 1 radical (unpaired) electrons. The molecule has 0 fully saturated rings. The lowest BCUT2D eigenvalue weighted by molar-refractivity contribution is 0.820. The van der Waals surface area contributed by atoms with Crippen LogP contribution in [0.4, 0.5) is 0 Å². The summed E-state index contributed by atoms with van der Waals surface area (Å²) in [6.07, 6.45) is 4.67. The fourth-order valence-corrected chi connectivity index (χ4v) is 2.03. The average molecular weight is 223 g/mol. The maximum Gasteiger partial charge on any atom is -0.0184 e. The van der Waals surface area contributed by atoms with Gasteiger partial charge in [-0.1, -0.05) is 55.5 Å². The van der Waals surface area contributed by atoms with Crippen LogP contribution < -0.4 is 0 Å². The number of hydrogen-bond acceptors (Lipinski definition) is 0. The molecule has 0 aliphatic rings. The Bertz CT molecular complexity index is 425. The van der Waals surface area contributed by atoms with E-state index in [2.05, 4.69) is 49.4 Å². The summed E-state index contributed by atoms with van der Waals surface area (Å²) in [5.41, 5.74) is 4.28. The van der Waals surface area contributed by atoms with Crippen LogP contribution in [0.3, 0.4) is 0 Å². The maximum absolute atomic E-state index is 3.05. The molecule has 0 aliphatic heterocycles. The van der Waals surface area contributed by atoms with Crippen LogP contribution >= 0.6 is 0 Å². The molecule has 0 aliphatic carbocycles. The second-order valence-electron chi connectivity index (χ2n) is 4.43.